The minimum atomic E-state index is -0.224. The number of carbonyl (C=O) groups excluding carboxylic acids is 1. The summed E-state index contributed by atoms with van der Waals surface area (Å²) in [5.41, 5.74) is 9.02. The minimum absolute atomic E-state index is 0.147. The van der Waals surface area contributed by atoms with Crippen LogP contribution in [-0.2, 0) is 0 Å². The number of likely N-dealkylation sites (tertiary alicyclic amines) is 1. The first kappa shape index (κ1) is 14.8. The first-order valence-corrected chi connectivity index (χ1v) is 6.50. The van der Waals surface area contributed by atoms with Crippen LogP contribution in [0.25, 0.3) is 10.4 Å². The molecule has 1 fully saturated rings. The molecule has 1 aromatic rings. The Balaban J connectivity index is 2.01. The van der Waals surface area contributed by atoms with E-state index in [2.05, 4.69) is 15.3 Å². The van der Waals surface area contributed by atoms with Gasteiger partial charge in [-0.05, 0) is 24.1 Å². The molecule has 0 radical (unpaired) electrons. The Labute approximate surface area is 122 Å². The monoisotopic (exact) mass is 291 g/mol. The van der Waals surface area contributed by atoms with Gasteiger partial charge in [0.25, 0.3) is 0 Å². The van der Waals surface area contributed by atoms with Gasteiger partial charge in [0.2, 0.25) is 0 Å². The van der Waals surface area contributed by atoms with Crippen molar-refractivity contribution in [1.29, 1.82) is 0 Å². The van der Waals surface area contributed by atoms with Crippen molar-refractivity contribution in [3.8, 4) is 11.5 Å². The van der Waals surface area contributed by atoms with Gasteiger partial charge in [0.15, 0.2) is 11.5 Å². The van der Waals surface area contributed by atoms with Crippen LogP contribution < -0.4 is 14.8 Å². The topological polar surface area (TPSA) is 99.6 Å². The lowest BCUT2D eigenvalue weighted by atomic mass is 10.3. The zero-order chi connectivity index (χ0) is 15.2. The fourth-order valence-electron chi connectivity index (χ4n) is 2.21. The van der Waals surface area contributed by atoms with E-state index >= 15 is 0 Å². The number of rotatable bonds is 4. The Hall–Kier alpha value is -2.60. The lowest BCUT2D eigenvalue weighted by Crippen LogP contribution is -2.33. The van der Waals surface area contributed by atoms with Crippen LogP contribution in [0.3, 0.4) is 0 Å². The summed E-state index contributed by atoms with van der Waals surface area (Å²) in [7, 11) is 3.09. The maximum atomic E-state index is 12.1. The molecule has 1 unspecified atom stereocenters. The van der Waals surface area contributed by atoms with Gasteiger partial charge in [-0.1, -0.05) is 5.11 Å². The average molecular weight is 291 g/mol. The van der Waals surface area contributed by atoms with Gasteiger partial charge in [-0.25, -0.2) is 4.79 Å². The zero-order valence-corrected chi connectivity index (χ0v) is 11.9. The Morgan fingerprint density at radius 3 is 2.86 bits per heavy atom. The number of nitrogens with zero attached hydrogens (tertiary/aromatic N) is 4. The molecule has 0 spiro atoms. The highest BCUT2D eigenvalue weighted by Crippen LogP contribution is 2.30. The van der Waals surface area contributed by atoms with Crippen molar-refractivity contribution >= 4 is 11.7 Å². The molecule has 8 heteroatoms. The molecule has 1 aromatic carbocycles. The van der Waals surface area contributed by atoms with Crippen molar-refractivity contribution in [1.82, 2.24) is 4.90 Å². The van der Waals surface area contributed by atoms with Gasteiger partial charge in [-0.3, -0.25) is 0 Å². The van der Waals surface area contributed by atoms with Crippen LogP contribution in [0.2, 0.25) is 0 Å². The van der Waals surface area contributed by atoms with Gasteiger partial charge in [-0.2, -0.15) is 0 Å². The lowest BCUT2D eigenvalue weighted by Gasteiger charge is -2.17. The second-order valence-corrected chi connectivity index (χ2v) is 4.59. The van der Waals surface area contributed by atoms with Crippen LogP contribution in [-0.4, -0.2) is 44.3 Å². The third-order valence-corrected chi connectivity index (χ3v) is 3.30. The number of urea groups is 1. The van der Waals surface area contributed by atoms with E-state index in [0.29, 0.717) is 36.7 Å². The molecule has 2 rings (SSSR count). The summed E-state index contributed by atoms with van der Waals surface area (Å²) in [5.74, 6) is 1.14. The number of benzene rings is 1. The molecule has 0 aromatic heterocycles. The maximum Gasteiger partial charge on any atom is 0.321 e. The lowest BCUT2D eigenvalue weighted by molar-refractivity contribution is 0.222. The van der Waals surface area contributed by atoms with Crippen LogP contribution in [0.15, 0.2) is 23.3 Å². The molecule has 1 aliphatic rings. The number of nitrogens with one attached hydrogen (secondary N) is 1. The van der Waals surface area contributed by atoms with E-state index in [0.717, 1.165) is 0 Å². The fourth-order valence-corrected chi connectivity index (χ4v) is 2.21. The molecule has 21 heavy (non-hydrogen) atoms. The maximum absolute atomic E-state index is 12.1. The Morgan fingerprint density at radius 1 is 1.43 bits per heavy atom. The Morgan fingerprint density at radius 2 is 2.19 bits per heavy atom. The molecule has 8 nitrogen and oxygen atoms in total. The van der Waals surface area contributed by atoms with Crippen molar-refractivity contribution in [3.05, 3.63) is 28.6 Å². The number of anilines is 1. The second kappa shape index (κ2) is 6.71. The fraction of sp³-hybridized carbons (Fsp3) is 0.462. The van der Waals surface area contributed by atoms with Crippen molar-refractivity contribution in [3.63, 3.8) is 0 Å². The molecule has 112 valence electrons. The van der Waals surface area contributed by atoms with E-state index in [1.165, 1.54) is 7.11 Å². The summed E-state index contributed by atoms with van der Waals surface area (Å²) in [4.78, 5) is 16.5. The molecule has 1 heterocycles. The summed E-state index contributed by atoms with van der Waals surface area (Å²) in [6.45, 7) is 1.01. The Bertz CT molecular complexity index is 571. The summed E-state index contributed by atoms with van der Waals surface area (Å²) >= 11 is 0. The van der Waals surface area contributed by atoms with E-state index in [4.69, 9.17) is 15.0 Å². The number of azide groups is 1. The number of amides is 2. The smallest absolute Gasteiger partial charge is 0.321 e. The van der Waals surface area contributed by atoms with Crippen LogP contribution in [0, 0.1) is 0 Å². The van der Waals surface area contributed by atoms with Gasteiger partial charge in [0, 0.05) is 29.8 Å². The average Bonchev–Trinajstić information content (AvgIpc) is 2.96. The highest BCUT2D eigenvalue weighted by atomic mass is 16.5. The van der Waals surface area contributed by atoms with E-state index in [1.54, 1.807) is 30.2 Å². The highest BCUT2D eigenvalue weighted by Gasteiger charge is 2.25. The summed E-state index contributed by atoms with van der Waals surface area (Å²) in [6, 6.07) is 4.78. The van der Waals surface area contributed by atoms with Gasteiger partial charge in [-0.15, -0.1) is 0 Å². The number of ether oxygens (including phenoxy) is 2. The van der Waals surface area contributed by atoms with E-state index in [-0.39, 0.29) is 12.1 Å². The van der Waals surface area contributed by atoms with Crippen molar-refractivity contribution in [2.45, 2.75) is 12.5 Å². The number of hydrogen-bond donors (Lipinski definition) is 1. The van der Waals surface area contributed by atoms with Gasteiger partial charge >= 0.3 is 6.03 Å². The van der Waals surface area contributed by atoms with E-state index < -0.39 is 0 Å². The number of hydrogen-bond acceptors (Lipinski definition) is 4. The number of methoxy groups -OCH3 is 2. The predicted octanol–water partition coefficient (Wildman–Crippen LogP) is 2.62. The molecule has 1 aliphatic heterocycles. The van der Waals surface area contributed by atoms with Gasteiger partial charge in [0.1, 0.15) is 0 Å². The molecule has 0 aliphatic carbocycles. The second-order valence-electron chi connectivity index (χ2n) is 4.59. The quantitative estimate of drug-likeness (QED) is 0.524. The SMILES string of the molecule is COc1ccc(NC(=O)N2CCC(N=[N+]=[N-])C2)cc1OC. The standard InChI is InChI=1S/C13H17N5O3/c1-20-11-4-3-9(7-12(11)21-2)15-13(19)18-6-5-10(8-18)16-17-14/h3-4,7,10H,5-6,8H2,1-2H3,(H,15,19). The van der Waals surface area contributed by atoms with Crippen LogP contribution in [0.5, 0.6) is 11.5 Å². The third-order valence-electron chi connectivity index (χ3n) is 3.30. The molecule has 0 saturated carbocycles. The largest absolute Gasteiger partial charge is 0.493 e. The van der Waals surface area contributed by atoms with E-state index in [9.17, 15) is 4.79 Å². The van der Waals surface area contributed by atoms with Crippen LogP contribution >= 0.6 is 0 Å². The van der Waals surface area contributed by atoms with Crippen molar-refractivity contribution in [2.24, 2.45) is 5.11 Å². The molecule has 1 N–H and O–H groups in total. The van der Waals surface area contributed by atoms with Gasteiger partial charge in [0.05, 0.1) is 20.3 Å². The Kier molecular flexibility index (Phi) is 4.73. The molecule has 1 saturated heterocycles. The first-order chi connectivity index (χ1) is 10.2. The molecular weight excluding hydrogens is 274 g/mol. The van der Waals surface area contributed by atoms with Crippen LogP contribution in [0.1, 0.15) is 6.42 Å². The van der Waals surface area contributed by atoms with Crippen molar-refractivity contribution < 1.29 is 14.3 Å². The van der Waals surface area contributed by atoms with Gasteiger partial charge < -0.3 is 19.7 Å². The highest BCUT2D eigenvalue weighted by molar-refractivity contribution is 5.90. The molecule has 1 atom stereocenters. The summed E-state index contributed by atoms with van der Waals surface area (Å²) < 4.78 is 10.3. The normalized spacial score (nSPS) is 17.0. The first-order valence-electron chi connectivity index (χ1n) is 6.50. The summed E-state index contributed by atoms with van der Waals surface area (Å²) in [6.07, 6.45) is 0.684. The van der Waals surface area contributed by atoms with E-state index in [1.807, 2.05) is 0 Å². The third kappa shape index (κ3) is 3.49. The minimum Gasteiger partial charge on any atom is -0.493 e. The van der Waals surface area contributed by atoms with Crippen molar-refractivity contribution in [2.75, 3.05) is 32.6 Å². The molecule has 0 bridgehead atoms. The molecule has 2 amide bonds. The van der Waals surface area contributed by atoms with Crippen LogP contribution in [0.4, 0.5) is 10.5 Å². The molecular formula is C13H17N5O3. The zero-order valence-electron chi connectivity index (χ0n) is 11.9. The number of carbonyl (C=O) groups is 1. The summed E-state index contributed by atoms with van der Waals surface area (Å²) in [5, 5.41) is 6.42. The predicted molar refractivity (Wildman–Crippen MR) is 77.7 cm³/mol.